The molecule has 1 aliphatic heterocycles. The minimum absolute atomic E-state index is 0.234. The number of hydrogen-bond acceptors (Lipinski definition) is 6. The van der Waals surface area contributed by atoms with Crippen molar-refractivity contribution in [2.45, 2.75) is 25.3 Å². The lowest BCUT2D eigenvalue weighted by Crippen LogP contribution is -2.37. The summed E-state index contributed by atoms with van der Waals surface area (Å²) in [5.74, 6) is 0.582. The van der Waals surface area contributed by atoms with Crippen LogP contribution in [0.2, 0.25) is 0 Å². The molecule has 0 atom stereocenters. The third-order valence-corrected chi connectivity index (χ3v) is 5.37. The molecule has 0 amide bonds. The standard InChI is InChI=1S/C19H20F2N8/c1-28-6-4-11(5-7-28)25-19-24-9-13-12(8-23-18(13)26-19)14-2-3-16-22-10-15(17(20)21)29(16)27-14/h2-3,8-11,17H,4-7H2,1H3,(H2,23,24,25,26). The first-order chi connectivity index (χ1) is 14.1. The van der Waals surface area contributed by atoms with E-state index in [0.717, 1.165) is 43.1 Å². The summed E-state index contributed by atoms with van der Waals surface area (Å²) in [4.78, 5) is 18.4. The maximum absolute atomic E-state index is 13.2. The van der Waals surface area contributed by atoms with Gasteiger partial charge in [-0.2, -0.15) is 10.1 Å². The molecule has 0 aromatic carbocycles. The molecule has 0 unspecified atom stereocenters. The second kappa shape index (κ2) is 7.03. The summed E-state index contributed by atoms with van der Waals surface area (Å²) in [6.07, 6.45) is 4.11. The molecular formula is C19H20F2N8. The Labute approximate surface area is 165 Å². The fourth-order valence-corrected chi connectivity index (χ4v) is 3.71. The van der Waals surface area contributed by atoms with E-state index in [4.69, 9.17) is 0 Å². The number of imidazole rings is 1. The molecule has 0 saturated carbocycles. The SMILES string of the molecule is CN1CCC(Nc2ncc3c(-c4ccc5ncc(C(F)F)n5n4)c[nH]c3n2)CC1. The molecule has 4 aromatic rings. The lowest BCUT2D eigenvalue weighted by molar-refractivity contribution is 0.143. The van der Waals surface area contributed by atoms with Crippen molar-refractivity contribution in [3.8, 4) is 11.3 Å². The zero-order chi connectivity index (χ0) is 20.0. The molecule has 1 saturated heterocycles. The topological polar surface area (TPSA) is 87.0 Å². The highest BCUT2D eigenvalue weighted by Crippen LogP contribution is 2.28. The number of alkyl halides is 2. The maximum Gasteiger partial charge on any atom is 0.282 e. The quantitative estimate of drug-likeness (QED) is 0.549. The van der Waals surface area contributed by atoms with E-state index >= 15 is 0 Å². The van der Waals surface area contributed by atoms with Crippen LogP contribution in [-0.2, 0) is 0 Å². The summed E-state index contributed by atoms with van der Waals surface area (Å²) >= 11 is 0. The van der Waals surface area contributed by atoms with Crippen LogP contribution in [-0.4, -0.2) is 60.6 Å². The van der Waals surface area contributed by atoms with E-state index < -0.39 is 6.43 Å². The fraction of sp³-hybridized carbons (Fsp3) is 0.368. The van der Waals surface area contributed by atoms with Crippen molar-refractivity contribution >= 4 is 22.6 Å². The number of anilines is 1. The first-order valence-corrected chi connectivity index (χ1v) is 9.51. The minimum atomic E-state index is -2.65. The number of piperidine rings is 1. The van der Waals surface area contributed by atoms with Crippen LogP contribution in [0.25, 0.3) is 27.9 Å². The lowest BCUT2D eigenvalue weighted by Gasteiger charge is -2.29. The van der Waals surface area contributed by atoms with Crippen LogP contribution >= 0.6 is 0 Å². The first kappa shape index (κ1) is 17.9. The number of nitrogens with one attached hydrogen (secondary N) is 2. The molecule has 0 radical (unpaired) electrons. The molecule has 8 nitrogen and oxygen atoms in total. The molecule has 5 rings (SSSR count). The molecule has 1 aliphatic rings. The summed E-state index contributed by atoms with van der Waals surface area (Å²) in [5, 5.41) is 8.54. The van der Waals surface area contributed by atoms with Crippen molar-refractivity contribution < 1.29 is 8.78 Å². The van der Waals surface area contributed by atoms with Gasteiger partial charge in [0.2, 0.25) is 5.95 Å². The van der Waals surface area contributed by atoms with E-state index in [1.165, 1.54) is 4.52 Å². The smallest absolute Gasteiger partial charge is 0.282 e. The van der Waals surface area contributed by atoms with Gasteiger partial charge < -0.3 is 15.2 Å². The van der Waals surface area contributed by atoms with Gasteiger partial charge in [-0.1, -0.05) is 0 Å². The average molecular weight is 398 g/mol. The number of aromatic nitrogens is 6. The van der Waals surface area contributed by atoms with E-state index in [1.54, 1.807) is 24.5 Å². The fourth-order valence-electron chi connectivity index (χ4n) is 3.71. The van der Waals surface area contributed by atoms with E-state index in [0.29, 0.717) is 29.0 Å². The number of aromatic amines is 1. The van der Waals surface area contributed by atoms with Crippen molar-refractivity contribution in [2.24, 2.45) is 0 Å². The average Bonchev–Trinajstić information content (AvgIpc) is 3.33. The van der Waals surface area contributed by atoms with Gasteiger partial charge >= 0.3 is 0 Å². The molecule has 150 valence electrons. The Bertz CT molecular complexity index is 1160. The number of nitrogens with zero attached hydrogens (tertiary/aromatic N) is 6. The minimum Gasteiger partial charge on any atom is -0.351 e. The van der Waals surface area contributed by atoms with Gasteiger partial charge in [0.15, 0.2) is 5.65 Å². The second-order valence-corrected chi connectivity index (χ2v) is 7.35. The molecule has 2 N–H and O–H groups in total. The molecule has 1 fully saturated rings. The van der Waals surface area contributed by atoms with Gasteiger partial charge in [0, 0.05) is 29.4 Å². The zero-order valence-corrected chi connectivity index (χ0v) is 15.8. The van der Waals surface area contributed by atoms with Crippen LogP contribution in [0.3, 0.4) is 0 Å². The van der Waals surface area contributed by atoms with Gasteiger partial charge in [0.1, 0.15) is 11.3 Å². The Morgan fingerprint density at radius 2 is 2.00 bits per heavy atom. The van der Waals surface area contributed by atoms with Crippen LogP contribution < -0.4 is 5.32 Å². The Hall–Kier alpha value is -3.14. The molecule has 0 bridgehead atoms. The Kier molecular flexibility index (Phi) is 4.35. The van der Waals surface area contributed by atoms with E-state index in [1.807, 2.05) is 0 Å². The maximum atomic E-state index is 13.2. The highest BCUT2D eigenvalue weighted by atomic mass is 19.3. The van der Waals surface area contributed by atoms with Gasteiger partial charge in [-0.25, -0.2) is 23.3 Å². The largest absolute Gasteiger partial charge is 0.351 e. The van der Waals surface area contributed by atoms with Gasteiger partial charge in [-0.05, 0) is 45.1 Å². The molecule has 29 heavy (non-hydrogen) atoms. The van der Waals surface area contributed by atoms with Gasteiger partial charge in [0.05, 0.1) is 11.9 Å². The number of hydrogen-bond donors (Lipinski definition) is 2. The molecule has 10 heteroatoms. The Balaban J connectivity index is 1.45. The molecule has 0 spiro atoms. The van der Waals surface area contributed by atoms with Crippen molar-refractivity contribution in [1.29, 1.82) is 0 Å². The normalized spacial score (nSPS) is 16.3. The van der Waals surface area contributed by atoms with Crippen LogP contribution in [0.4, 0.5) is 14.7 Å². The van der Waals surface area contributed by atoms with E-state index in [-0.39, 0.29) is 5.69 Å². The summed E-state index contributed by atoms with van der Waals surface area (Å²) < 4.78 is 27.5. The highest BCUT2D eigenvalue weighted by Gasteiger charge is 2.19. The van der Waals surface area contributed by atoms with Crippen molar-refractivity contribution in [2.75, 3.05) is 25.5 Å². The molecule has 0 aliphatic carbocycles. The molecular weight excluding hydrogens is 378 g/mol. The number of rotatable bonds is 4. The van der Waals surface area contributed by atoms with Crippen LogP contribution in [0.5, 0.6) is 0 Å². The second-order valence-electron chi connectivity index (χ2n) is 7.35. The predicted octanol–water partition coefficient (Wildman–Crippen LogP) is 3.11. The Morgan fingerprint density at radius 1 is 1.17 bits per heavy atom. The van der Waals surface area contributed by atoms with Crippen LogP contribution in [0.1, 0.15) is 25.0 Å². The number of H-pyrrole nitrogens is 1. The van der Waals surface area contributed by atoms with E-state index in [2.05, 4.69) is 42.3 Å². The summed E-state index contributed by atoms with van der Waals surface area (Å²) in [6, 6.07) is 3.78. The molecule has 4 aromatic heterocycles. The summed E-state index contributed by atoms with van der Waals surface area (Å²) in [6.45, 7) is 2.10. The number of likely N-dealkylation sites (tertiary alicyclic amines) is 1. The highest BCUT2D eigenvalue weighted by molar-refractivity contribution is 5.92. The van der Waals surface area contributed by atoms with Crippen molar-refractivity contribution in [1.82, 2.24) is 34.4 Å². The summed E-state index contributed by atoms with van der Waals surface area (Å²) in [7, 11) is 2.12. The van der Waals surface area contributed by atoms with Crippen LogP contribution in [0.15, 0.2) is 30.7 Å². The molecule has 5 heterocycles. The number of halogens is 2. The van der Waals surface area contributed by atoms with Gasteiger partial charge in [0.25, 0.3) is 6.43 Å². The monoisotopic (exact) mass is 398 g/mol. The van der Waals surface area contributed by atoms with Crippen molar-refractivity contribution in [3.05, 3.63) is 36.4 Å². The third-order valence-electron chi connectivity index (χ3n) is 5.37. The third kappa shape index (κ3) is 3.29. The van der Waals surface area contributed by atoms with Gasteiger partial charge in [-0.3, -0.25) is 0 Å². The number of fused-ring (bicyclic) bond motifs is 2. The Morgan fingerprint density at radius 3 is 2.79 bits per heavy atom. The lowest BCUT2D eigenvalue weighted by atomic mass is 10.1. The predicted molar refractivity (Wildman–Crippen MR) is 105 cm³/mol. The first-order valence-electron chi connectivity index (χ1n) is 9.51. The summed E-state index contributed by atoms with van der Waals surface area (Å²) in [5.41, 5.74) is 2.12. The van der Waals surface area contributed by atoms with Crippen molar-refractivity contribution in [3.63, 3.8) is 0 Å². The van der Waals surface area contributed by atoms with Crippen LogP contribution in [0, 0.1) is 0 Å². The van der Waals surface area contributed by atoms with Gasteiger partial charge in [-0.15, -0.1) is 0 Å². The zero-order valence-electron chi connectivity index (χ0n) is 15.8. The van der Waals surface area contributed by atoms with E-state index in [9.17, 15) is 8.78 Å².